The first kappa shape index (κ1) is 15.8. The normalized spacial score (nSPS) is 19.4. The second kappa shape index (κ2) is 7.41. The van der Waals surface area contributed by atoms with Crippen LogP contribution in [0.4, 0.5) is 0 Å². The number of nitrogens with two attached hydrogens (primary N) is 1. The molecular formula is C16H26ClN3. The van der Waals surface area contributed by atoms with Crippen LogP contribution >= 0.6 is 11.6 Å². The SMILES string of the molecule is CN1CCC(CN(C)C(CN)c2ccc(Cl)cc2)CC1. The third-order valence-electron chi connectivity index (χ3n) is 4.39. The molecule has 0 saturated carbocycles. The first-order chi connectivity index (χ1) is 9.60. The number of likely N-dealkylation sites (tertiary alicyclic amines) is 1. The van der Waals surface area contributed by atoms with E-state index < -0.39 is 0 Å². The molecule has 1 aliphatic rings. The minimum atomic E-state index is 0.284. The third kappa shape index (κ3) is 4.19. The molecule has 2 N–H and O–H groups in total. The van der Waals surface area contributed by atoms with Crippen molar-refractivity contribution in [2.24, 2.45) is 11.7 Å². The number of rotatable bonds is 5. The summed E-state index contributed by atoms with van der Waals surface area (Å²) >= 11 is 5.96. The molecule has 0 spiro atoms. The van der Waals surface area contributed by atoms with Gasteiger partial charge in [-0.25, -0.2) is 0 Å². The summed E-state index contributed by atoms with van der Waals surface area (Å²) in [6, 6.07) is 8.36. The fraction of sp³-hybridized carbons (Fsp3) is 0.625. The molecule has 0 radical (unpaired) electrons. The quantitative estimate of drug-likeness (QED) is 0.906. The van der Waals surface area contributed by atoms with Crippen LogP contribution in [0, 0.1) is 5.92 Å². The van der Waals surface area contributed by atoms with Crippen molar-refractivity contribution in [3.05, 3.63) is 34.9 Å². The Hall–Kier alpha value is -0.610. The lowest BCUT2D eigenvalue weighted by atomic mass is 9.95. The highest BCUT2D eigenvalue weighted by Gasteiger charge is 2.22. The van der Waals surface area contributed by atoms with E-state index in [0.29, 0.717) is 6.54 Å². The van der Waals surface area contributed by atoms with Crippen molar-refractivity contribution >= 4 is 11.6 Å². The van der Waals surface area contributed by atoms with E-state index in [1.165, 1.54) is 31.5 Å². The molecule has 1 fully saturated rings. The number of piperidine rings is 1. The van der Waals surface area contributed by atoms with Crippen LogP contribution in [0.5, 0.6) is 0 Å². The molecule has 1 saturated heterocycles. The van der Waals surface area contributed by atoms with Gasteiger partial charge in [0.1, 0.15) is 0 Å². The zero-order chi connectivity index (χ0) is 14.5. The van der Waals surface area contributed by atoms with E-state index in [0.717, 1.165) is 17.5 Å². The summed E-state index contributed by atoms with van der Waals surface area (Å²) in [6.07, 6.45) is 2.58. The lowest BCUT2D eigenvalue weighted by molar-refractivity contribution is 0.151. The van der Waals surface area contributed by atoms with E-state index in [4.69, 9.17) is 17.3 Å². The number of hydrogen-bond acceptors (Lipinski definition) is 3. The Labute approximate surface area is 127 Å². The first-order valence-electron chi connectivity index (χ1n) is 7.44. The molecule has 1 aliphatic heterocycles. The number of likely N-dealkylation sites (N-methyl/N-ethyl adjacent to an activating group) is 1. The van der Waals surface area contributed by atoms with E-state index in [1.54, 1.807) is 0 Å². The van der Waals surface area contributed by atoms with Gasteiger partial charge in [0, 0.05) is 24.2 Å². The van der Waals surface area contributed by atoms with E-state index in [2.05, 4.69) is 36.0 Å². The molecule has 0 aliphatic carbocycles. The van der Waals surface area contributed by atoms with Crippen LogP contribution in [0.3, 0.4) is 0 Å². The standard InChI is InChI=1S/C16H26ClN3/c1-19-9-7-13(8-10-19)12-20(2)16(11-18)14-3-5-15(17)6-4-14/h3-6,13,16H,7-12,18H2,1-2H3. The molecule has 0 bridgehead atoms. The molecule has 1 atom stereocenters. The molecule has 1 unspecified atom stereocenters. The van der Waals surface area contributed by atoms with Crippen molar-refractivity contribution in [3.8, 4) is 0 Å². The fourth-order valence-electron chi connectivity index (χ4n) is 3.03. The van der Waals surface area contributed by atoms with Gasteiger partial charge in [0.05, 0.1) is 0 Å². The molecule has 0 aromatic heterocycles. The van der Waals surface area contributed by atoms with Gasteiger partial charge in [-0.05, 0) is 63.6 Å². The topological polar surface area (TPSA) is 32.5 Å². The van der Waals surface area contributed by atoms with Gasteiger partial charge in [-0.1, -0.05) is 23.7 Å². The van der Waals surface area contributed by atoms with Crippen molar-refractivity contribution in [1.29, 1.82) is 0 Å². The molecule has 112 valence electrons. The zero-order valence-corrected chi connectivity index (χ0v) is 13.3. The van der Waals surface area contributed by atoms with Crippen LogP contribution in [0.15, 0.2) is 24.3 Å². The highest BCUT2D eigenvalue weighted by atomic mass is 35.5. The van der Waals surface area contributed by atoms with E-state index >= 15 is 0 Å². The molecular weight excluding hydrogens is 270 g/mol. The molecule has 0 amide bonds. The predicted molar refractivity (Wildman–Crippen MR) is 86.1 cm³/mol. The second-order valence-electron chi connectivity index (χ2n) is 5.99. The lowest BCUT2D eigenvalue weighted by Crippen LogP contribution is -2.38. The number of nitrogens with zero attached hydrogens (tertiary/aromatic N) is 2. The van der Waals surface area contributed by atoms with E-state index in [9.17, 15) is 0 Å². The average Bonchev–Trinajstić information content (AvgIpc) is 2.44. The summed E-state index contributed by atoms with van der Waals surface area (Å²) in [4.78, 5) is 4.81. The number of halogens is 1. The summed E-state index contributed by atoms with van der Waals surface area (Å²) < 4.78 is 0. The zero-order valence-electron chi connectivity index (χ0n) is 12.6. The Balaban J connectivity index is 1.95. The van der Waals surface area contributed by atoms with Crippen molar-refractivity contribution in [3.63, 3.8) is 0 Å². The lowest BCUT2D eigenvalue weighted by Gasteiger charge is -2.35. The third-order valence-corrected chi connectivity index (χ3v) is 4.65. The maximum Gasteiger partial charge on any atom is 0.0467 e. The monoisotopic (exact) mass is 295 g/mol. The highest BCUT2D eigenvalue weighted by molar-refractivity contribution is 6.30. The summed E-state index contributed by atoms with van der Waals surface area (Å²) in [5.41, 5.74) is 7.24. The van der Waals surface area contributed by atoms with Crippen molar-refractivity contribution < 1.29 is 0 Å². The Kier molecular flexibility index (Phi) is 5.85. The molecule has 1 aromatic rings. The van der Waals surface area contributed by atoms with Crippen LogP contribution in [-0.4, -0.2) is 50.1 Å². The Morgan fingerprint density at radius 1 is 1.30 bits per heavy atom. The summed E-state index contributed by atoms with van der Waals surface area (Å²) in [5.74, 6) is 0.789. The number of benzene rings is 1. The van der Waals surface area contributed by atoms with Gasteiger partial charge < -0.3 is 10.6 Å². The molecule has 2 rings (SSSR count). The van der Waals surface area contributed by atoms with E-state index in [1.807, 2.05) is 12.1 Å². The van der Waals surface area contributed by atoms with Gasteiger partial charge in [-0.15, -0.1) is 0 Å². The Morgan fingerprint density at radius 2 is 1.90 bits per heavy atom. The molecule has 4 heteroatoms. The van der Waals surface area contributed by atoms with Crippen molar-refractivity contribution in [2.75, 3.05) is 40.3 Å². The molecule has 1 heterocycles. The van der Waals surface area contributed by atoms with Crippen molar-refractivity contribution in [1.82, 2.24) is 9.80 Å². The Bertz CT molecular complexity index is 399. The fourth-order valence-corrected chi connectivity index (χ4v) is 3.16. The van der Waals surface area contributed by atoms with E-state index in [-0.39, 0.29) is 6.04 Å². The predicted octanol–water partition coefficient (Wildman–Crippen LogP) is 2.61. The maximum absolute atomic E-state index is 5.99. The van der Waals surface area contributed by atoms with Crippen LogP contribution < -0.4 is 5.73 Å². The molecule has 20 heavy (non-hydrogen) atoms. The highest BCUT2D eigenvalue weighted by Crippen LogP contribution is 2.24. The smallest absolute Gasteiger partial charge is 0.0467 e. The van der Waals surface area contributed by atoms with Crippen LogP contribution in [0.25, 0.3) is 0 Å². The van der Waals surface area contributed by atoms with Gasteiger partial charge in [0.2, 0.25) is 0 Å². The summed E-state index contributed by atoms with van der Waals surface area (Å²) in [6.45, 7) is 4.20. The second-order valence-corrected chi connectivity index (χ2v) is 6.43. The minimum absolute atomic E-state index is 0.284. The maximum atomic E-state index is 5.99. The van der Waals surface area contributed by atoms with Gasteiger partial charge in [-0.3, -0.25) is 4.90 Å². The van der Waals surface area contributed by atoms with Crippen molar-refractivity contribution in [2.45, 2.75) is 18.9 Å². The van der Waals surface area contributed by atoms with Crippen LogP contribution in [0.1, 0.15) is 24.4 Å². The summed E-state index contributed by atoms with van der Waals surface area (Å²) in [5, 5.41) is 0.780. The van der Waals surface area contributed by atoms with Crippen LogP contribution in [0.2, 0.25) is 5.02 Å². The van der Waals surface area contributed by atoms with Gasteiger partial charge in [0.25, 0.3) is 0 Å². The summed E-state index contributed by atoms with van der Waals surface area (Å²) in [7, 11) is 4.39. The largest absolute Gasteiger partial charge is 0.329 e. The van der Waals surface area contributed by atoms with Gasteiger partial charge in [-0.2, -0.15) is 0 Å². The average molecular weight is 296 g/mol. The van der Waals surface area contributed by atoms with Gasteiger partial charge >= 0.3 is 0 Å². The first-order valence-corrected chi connectivity index (χ1v) is 7.82. The molecule has 1 aromatic carbocycles. The number of hydrogen-bond donors (Lipinski definition) is 1. The Morgan fingerprint density at radius 3 is 2.45 bits per heavy atom. The van der Waals surface area contributed by atoms with Crippen LogP contribution in [-0.2, 0) is 0 Å². The van der Waals surface area contributed by atoms with Gasteiger partial charge in [0.15, 0.2) is 0 Å². The minimum Gasteiger partial charge on any atom is -0.329 e. The molecule has 3 nitrogen and oxygen atoms in total.